The molecule has 21 heavy (non-hydrogen) atoms. The zero-order valence-corrected chi connectivity index (χ0v) is 13.3. The predicted molar refractivity (Wildman–Crippen MR) is 87.8 cm³/mol. The molecule has 0 saturated heterocycles. The summed E-state index contributed by atoms with van der Waals surface area (Å²) >= 11 is 0. The Bertz CT molecular complexity index is 570. The minimum absolute atomic E-state index is 0.0104. The van der Waals surface area contributed by atoms with E-state index in [0.29, 0.717) is 5.56 Å². The molecular formula is C19H28O2. The lowest BCUT2D eigenvalue weighted by Gasteiger charge is -2.33. The van der Waals surface area contributed by atoms with Crippen molar-refractivity contribution in [2.45, 2.75) is 59.3 Å². The molecule has 0 radical (unpaired) electrons. The SMILES string of the molecule is [3H]CC([3H])(C)[C@@H]1CCC(C)=CC1c1c(O)cc(CCC)cc1O. The molecule has 2 unspecified atom stereocenters. The largest absolute Gasteiger partial charge is 0.507 e. The summed E-state index contributed by atoms with van der Waals surface area (Å²) in [6.07, 6.45) is 5.54. The van der Waals surface area contributed by atoms with E-state index < -0.39 is 5.89 Å². The van der Waals surface area contributed by atoms with Crippen LogP contribution in [-0.2, 0) is 6.42 Å². The first-order valence-electron chi connectivity index (χ1n) is 9.02. The Balaban J connectivity index is 2.50. The quantitative estimate of drug-likeness (QED) is 0.754. The normalized spacial score (nSPS) is 26.5. The van der Waals surface area contributed by atoms with Crippen LogP contribution in [0.1, 0.15) is 66.7 Å². The van der Waals surface area contributed by atoms with Crippen molar-refractivity contribution in [3.8, 4) is 11.5 Å². The summed E-state index contributed by atoms with van der Waals surface area (Å²) in [5, 5.41) is 21.0. The Hall–Kier alpha value is -1.44. The van der Waals surface area contributed by atoms with Crippen molar-refractivity contribution >= 4 is 0 Å². The van der Waals surface area contributed by atoms with Crippen LogP contribution in [0.25, 0.3) is 0 Å². The molecule has 2 N–H and O–H groups in total. The van der Waals surface area contributed by atoms with Crippen LogP contribution in [0.3, 0.4) is 0 Å². The lowest BCUT2D eigenvalue weighted by Crippen LogP contribution is -2.21. The van der Waals surface area contributed by atoms with Crippen LogP contribution in [0.5, 0.6) is 11.5 Å². The van der Waals surface area contributed by atoms with Crippen LogP contribution in [0.4, 0.5) is 0 Å². The average Bonchev–Trinajstić information content (AvgIpc) is 2.46. The van der Waals surface area contributed by atoms with Gasteiger partial charge in [0.25, 0.3) is 0 Å². The van der Waals surface area contributed by atoms with Gasteiger partial charge in [-0.3, -0.25) is 0 Å². The van der Waals surface area contributed by atoms with Crippen molar-refractivity contribution in [3.63, 3.8) is 0 Å². The van der Waals surface area contributed by atoms with Crippen molar-refractivity contribution in [3.05, 3.63) is 34.9 Å². The van der Waals surface area contributed by atoms with Gasteiger partial charge in [-0.2, -0.15) is 0 Å². The van der Waals surface area contributed by atoms with Crippen LogP contribution in [0.2, 0.25) is 0 Å². The van der Waals surface area contributed by atoms with E-state index in [4.69, 9.17) is 2.74 Å². The third-order valence-corrected chi connectivity index (χ3v) is 4.45. The monoisotopic (exact) mass is 292 g/mol. The topological polar surface area (TPSA) is 40.5 Å². The molecule has 0 aromatic heterocycles. The highest BCUT2D eigenvalue weighted by Crippen LogP contribution is 2.46. The number of hydrogen-bond donors (Lipinski definition) is 2. The van der Waals surface area contributed by atoms with E-state index in [-0.39, 0.29) is 30.2 Å². The van der Waals surface area contributed by atoms with Crippen LogP contribution in [-0.4, -0.2) is 10.2 Å². The fraction of sp³-hybridized carbons (Fsp3) is 0.579. The molecule has 116 valence electrons. The number of aryl methyl sites for hydroxylation is 1. The maximum atomic E-state index is 10.5. The summed E-state index contributed by atoms with van der Waals surface area (Å²) in [5.74, 6) is -0.988. The zero-order chi connectivity index (χ0) is 17.2. The van der Waals surface area contributed by atoms with Gasteiger partial charge >= 0.3 is 0 Å². The van der Waals surface area contributed by atoms with E-state index in [1.54, 1.807) is 19.1 Å². The highest BCUT2D eigenvalue weighted by molar-refractivity contribution is 5.51. The Morgan fingerprint density at radius 3 is 2.62 bits per heavy atom. The molecule has 0 fully saturated rings. The molecule has 0 aliphatic heterocycles. The number of rotatable bonds is 4. The molecule has 1 aromatic rings. The molecule has 3 atom stereocenters. The lowest BCUT2D eigenvalue weighted by molar-refractivity contribution is 0.304. The second-order valence-corrected chi connectivity index (χ2v) is 6.33. The third kappa shape index (κ3) is 3.42. The van der Waals surface area contributed by atoms with Crippen molar-refractivity contribution < 1.29 is 13.0 Å². The third-order valence-electron chi connectivity index (χ3n) is 4.45. The van der Waals surface area contributed by atoms with Crippen molar-refractivity contribution in [1.29, 1.82) is 0 Å². The van der Waals surface area contributed by atoms with Crippen molar-refractivity contribution in [2.75, 3.05) is 0 Å². The second kappa shape index (κ2) is 6.55. The van der Waals surface area contributed by atoms with Gasteiger partial charge in [-0.25, -0.2) is 0 Å². The zero-order valence-electron chi connectivity index (χ0n) is 15.3. The van der Waals surface area contributed by atoms with Crippen molar-refractivity contribution in [1.82, 2.24) is 0 Å². The van der Waals surface area contributed by atoms with Gasteiger partial charge in [-0.1, -0.05) is 38.8 Å². The van der Waals surface area contributed by atoms with E-state index in [2.05, 4.69) is 13.0 Å². The highest BCUT2D eigenvalue weighted by Gasteiger charge is 2.31. The first-order valence-corrected chi connectivity index (χ1v) is 7.81. The summed E-state index contributed by atoms with van der Waals surface area (Å²) in [4.78, 5) is 0. The van der Waals surface area contributed by atoms with Gasteiger partial charge in [-0.05, 0) is 55.7 Å². The first kappa shape index (κ1) is 13.2. The number of benzene rings is 1. The number of phenols is 2. The van der Waals surface area contributed by atoms with Crippen molar-refractivity contribution in [2.24, 2.45) is 11.8 Å². The molecule has 2 heteroatoms. The minimum Gasteiger partial charge on any atom is -0.507 e. The lowest BCUT2D eigenvalue weighted by atomic mass is 9.71. The molecule has 0 bridgehead atoms. The highest BCUT2D eigenvalue weighted by atomic mass is 16.3. The van der Waals surface area contributed by atoms with Crippen LogP contribution < -0.4 is 0 Å². The molecular weight excluding hydrogens is 260 g/mol. The van der Waals surface area contributed by atoms with Gasteiger partial charge < -0.3 is 10.2 Å². The summed E-state index contributed by atoms with van der Waals surface area (Å²) in [6, 6.07) is 3.46. The first-order chi connectivity index (χ1) is 10.8. The summed E-state index contributed by atoms with van der Waals surface area (Å²) in [7, 11) is 0. The number of allylic oxidation sites excluding steroid dienone is 2. The van der Waals surface area contributed by atoms with E-state index in [1.807, 2.05) is 6.92 Å². The van der Waals surface area contributed by atoms with E-state index in [0.717, 1.165) is 31.2 Å². The molecule has 0 amide bonds. The van der Waals surface area contributed by atoms with E-state index in [1.165, 1.54) is 5.57 Å². The molecule has 1 aliphatic carbocycles. The van der Waals surface area contributed by atoms with Gasteiger partial charge in [-0.15, -0.1) is 0 Å². The summed E-state index contributed by atoms with van der Waals surface area (Å²) < 4.78 is 16.2. The number of hydrogen-bond acceptors (Lipinski definition) is 2. The second-order valence-electron chi connectivity index (χ2n) is 6.33. The Labute approximate surface area is 131 Å². The van der Waals surface area contributed by atoms with Crippen LogP contribution in [0.15, 0.2) is 23.8 Å². The summed E-state index contributed by atoms with van der Waals surface area (Å²) in [5.41, 5.74) is 2.65. The van der Waals surface area contributed by atoms with Gasteiger partial charge in [0.1, 0.15) is 11.5 Å². The van der Waals surface area contributed by atoms with Crippen LogP contribution >= 0.6 is 0 Å². The average molecular weight is 292 g/mol. The van der Waals surface area contributed by atoms with Crippen LogP contribution in [0, 0.1) is 11.8 Å². The molecule has 0 heterocycles. The van der Waals surface area contributed by atoms with Gasteiger partial charge in [0.2, 0.25) is 0 Å². The number of phenolic OH excluding ortho intramolecular Hbond substituents is 2. The van der Waals surface area contributed by atoms with Gasteiger partial charge in [0, 0.05) is 14.2 Å². The maximum absolute atomic E-state index is 10.5. The smallest absolute Gasteiger partial charge is 0.123 e. The molecule has 2 nitrogen and oxygen atoms in total. The van der Waals surface area contributed by atoms with E-state index in [9.17, 15) is 10.2 Å². The van der Waals surface area contributed by atoms with Gasteiger partial charge in [0.15, 0.2) is 0 Å². The molecule has 0 spiro atoms. The standard InChI is InChI=1S/C19H28O2/c1-5-6-14-10-17(20)19(18(21)11-14)16-9-13(4)7-8-15(16)12(2)3/h9-12,15-16,20-21H,5-8H2,1-4H3/t15-,16?/m0/s1/i2T,12T/t12?,15-,16?. The summed E-state index contributed by atoms with van der Waals surface area (Å²) in [6.45, 7) is 5.90. The van der Waals surface area contributed by atoms with E-state index >= 15 is 0 Å². The Kier molecular flexibility index (Phi) is 4.13. The molecule has 0 saturated carbocycles. The molecule has 1 aromatic carbocycles. The fourth-order valence-corrected chi connectivity index (χ4v) is 3.36. The molecule has 1 aliphatic rings. The predicted octanol–water partition coefficient (Wildman–Crippen LogP) is 5.15. The maximum Gasteiger partial charge on any atom is 0.123 e. The Morgan fingerprint density at radius 2 is 2.05 bits per heavy atom. The minimum atomic E-state index is -0.900. The molecule has 2 rings (SSSR count). The fourth-order valence-electron chi connectivity index (χ4n) is 3.36. The number of aromatic hydroxyl groups is 2. The Morgan fingerprint density at radius 1 is 1.38 bits per heavy atom. The van der Waals surface area contributed by atoms with Gasteiger partial charge in [0.05, 0.1) is 0 Å².